The number of nitrogens with zero attached hydrogens (tertiary/aromatic N) is 1. The summed E-state index contributed by atoms with van der Waals surface area (Å²) in [6.07, 6.45) is 3.88. The van der Waals surface area contributed by atoms with Crippen LogP contribution in [0.1, 0.15) is 29.9 Å². The van der Waals surface area contributed by atoms with Crippen molar-refractivity contribution in [2.45, 2.75) is 30.1 Å². The predicted octanol–water partition coefficient (Wildman–Crippen LogP) is 4.72. The zero-order valence-electron chi connectivity index (χ0n) is 12.3. The number of benzene rings is 2. The van der Waals surface area contributed by atoms with Gasteiger partial charge in [-0.05, 0) is 42.5 Å². The Labute approximate surface area is 131 Å². The smallest absolute Gasteiger partial charge is 0.0398 e. The van der Waals surface area contributed by atoms with Gasteiger partial charge in [0.05, 0.1) is 0 Å². The van der Waals surface area contributed by atoms with Crippen LogP contribution in [-0.2, 0) is 6.42 Å². The summed E-state index contributed by atoms with van der Waals surface area (Å²) in [6.45, 7) is 2.38. The molecule has 0 saturated heterocycles. The summed E-state index contributed by atoms with van der Waals surface area (Å²) in [6, 6.07) is 17.9. The highest BCUT2D eigenvalue weighted by molar-refractivity contribution is 7.99. The molecule has 0 aromatic heterocycles. The maximum absolute atomic E-state index is 2.63. The average molecular weight is 295 g/mol. The van der Waals surface area contributed by atoms with Crippen LogP contribution in [0.3, 0.4) is 0 Å². The highest BCUT2D eigenvalue weighted by atomic mass is 32.2. The van der Waals surface area contributed by atoms with Crippen LogP contribution in [0.2, 0.25) is 0 Å². The molecule has 2 aliphatic heterocycles. The van der Waals surface area contributed by atoms with Gasteiger partial charge in [-0.3, -0.25) is 0 Å². The zero-order valence-corrected chi connectivity index (χ0v) is 13.1. The van der Waals surface area contributed by atoms with E-state index in [2.05, 4.69) is 53.4 Å². The highest BCUT2D eigenvalue weighted by Gasteiger charge is 2.26. The Morgan fingerprint density at radius 2 is 1.86 bits per heavy atom. The van der Waals surface area contributed by atoms with Crippen molar-refractivity contribution in [3.05, 3.63) is 59.7 Å². The minimum Gasteiger partial charge on any atom is -0.371 e. The molecule has 1 atom stereocenters. The van der Waals surface area contributed by atoms with Gasteiger partial charge >= 0.3 is 0 Å². The van der Waals surface area contributed by atoms with E-state index in [1.165, 1.54) is 54.3 Å². The van der Waals surface area contributed by atoms with Crippen molar-refractivity contribution in [2.24, 2.45) is 0 Å². The monoisotopic (exact) mass is 295 g/mol. The van der Waals surface area contributed by atoms with E-state index in [4.69, 9.17) is 0 Å². The molecule has 2 heterocycles. The van der Waals surface area contributed by atoms with Crippen LogP contribution in [0.15, 0.2) is 53.4 Å². The molecule has 2 heteroatoms. The summed E-state index contributed by atoms with van der Waals surface area (Å²) in [5.74, 6) is 1.91. The van der Waals surface area contributed by atoms with Gasteiger partial charge in [0.2, 0.25) is 0 Å². The summed E-state index contributed by atoms with van der Waals surface area (Å²) in [5, 5.41) is 0. The first kappa shape index (κ1) is 13.3. The Morgan fingerprint density at radius 1 is 1.00 bits per heavy atom. The molecule has 0 amide bonds. The first-order valence-corrected chi connectivity index (χ1v) is 8.95. The van der Waals surface area contributed by atoms with Crippen molar-refractivity contribution < 1.29 is 0 Å². The average Bonchev–Trinajstić information content (AvgIpc) is 2.82. The quantitative estimate of drug-likeness (QED) is 0.788. The number of para-hydroxylation sites is 1. The molecule has 0 N–H and O–H groups in total. The van der Waals surface area contributed by atoms with E-state index in [-0.39, 0.29) is 0 Å². The highest BCUT2D eigenvalue weighted by Crippen LogP contribution is 2.40. The topological polar surface area (TPSA) is 3.24 Å². The Balaban J connectivity index is 1.61. The number of rotatable bonds is 2. The van der Waals surface area contributed by atoms with Gasteiger partial charge in [-0.25, -0.2) is 0 Å². The van der Waals surface area contributed by atoms with Gasteiger partial charge in [-0.15, -0.1) is 11.8 Å². The van der Waals surface area contributed by atoms with E-state index < -0.39 is 0 Å². The molecule has 4 rings (SSSR count). The molecule has 0 spiro atoms. The van der Waals surface area contributed by atoms with Crippen LogP contribution in [0, 0.1) is 0 Å². The zero-order chi connectivity index (χ0) is 14.1. The second kappa shape index (κ2) is 5.76. The molecule has 0 bridgehead atoms. The molecule has 2 aromatic carbocycles. The molecule has 0 saturated carbocycles. The molecule has 0 fully saturated rings. The van der Waals surface area contributed by atoms with Gasteiger partial charge < -0.3 is 4.90 Å². The Morgan fingerprint density at radius 3 is 2.86 bits per heavy atom. The van der Waals surface area contributed by atoms with Crippen LogP contribution in [0.25, 0.3) is 0 Å². The fraction of sp³-hybridized carbons (Fsp3) is 0.368. The largest absolute Gasteiger partial charge is 0.371 e. The summed E-state index contributed by atoms with van der Waals surface area (Å²) >= 11 is 2.02. The van der Waals surface area contributed by atoms with Gasteiger partial charge in [0.15, 0.2) is 0 Å². The molecular weight excluding hydrogens is 274 g/mol. The molecular formula is C19H21NS. The summed E-state index contributed by atoms with van der Waals surface area (Å²) in [7, 11) is 0. The fourth-order valence-electron chi connectivity index (χ4n) is 3.61. The van der Waals surface area contributed by atoms with E-state index in [0.717, 1.165) is 0 Å². The Hall–Kier alpha value is -1.41. The predicted molar refractivity (Wildman–Crippen MR) is 91.5 cm³/mol. The van der Waals surface area contributed by atoms with Crippen LogP contribution in [0.5, 0.6) is 0 Å². The standard InChI is InChI=1S/C19H21NS/c1-3-10-18-15(7-1)8-5-6-12-20(18)13-16-14-21-19-11-4-2-9-17(16)19/h1-4,7,9-11,16H,5-6,8,12-14H2. The molecule has 0 aliphatic carbocycles. The van der Waals surface area contributed by atoms with Crippen molar-refractivity contribution in [1.82, 2.24) is 0 Å². The van der Waals surface area contributed by atoms with E-state index in [0.29, 0.717) is 5.92 Å². The molecule has 1 unspecified atom stereocenters. The molecule has 1 nitrogen and oxygen atoms in total. The lowest BCUT2D eigenvalue weighted by Gasteiger charge is -2.28. The van der Waals surface area contributed by atoms with E-state index in [1.54, 1.807) is 5.56 Å². The Kier molecular flexibility index (Phi) is 3.64. The first-order valence-electron chi connectivity index (χ1n) is 7.96. The number of thioether (sulfide) groups is 1. The minimum absolute atomic E-state index is 0.678. The van der Waals surface area contributed by atoms with Gasteiger partial charge in [-0.1, -0.05) is 36.4 Å². The van der Waals surface area contributed by atoms with Gasteiger partial charge in [0.25, 0.3) is 0 Å². The maximum Gasteiger partial charge on any atom is 0.0398 e. The van der Waals surface area contributed by atoms with Crippen molar-refractivity contribution in [1.29, 1.82) is 0 Å². The van der Waals surface area contributed by atoms with Crippen molar-refractivity contribution in [2.75, 3.05) is 23.7 Å². The summed E-state index contributed by atoms with van der Waals surface area (Å²) < 4.78 is 0. The van der Waals surface area contributed by atoms with Crippen LogP contribution in [0.4, 0.5) is 5.69 Å². The number of hydrogen-bond acceptors (Lipinski definition) is 2. The molecule has 21 heavy (non-hydrogen) atoms. The normalized spacial score (nSPS) is 20.8. The second-order valence-electron chi connectivity index (χ2n) is 6.08. The first-order chi connectivity index (χ1) is 10.4. The summed E-state index contributed by atoms with van der Waals surface area (Å²) in [5.41, 5.74) is 4.57. The minimum atomic E-state index is 0.678. The second-order valence-corrected chi connectivity index (χ2v) is 7.14. The van der Waals surface area contributed by atoms with E-state index in [9.17, 15) is 0 Å². The molecule has 0 radical (unpaired) electrons. The van der Waals surface area contributed by atoms with Crippen LogP contribution >= 0.6 is 11.8 Å². The number of anilines is 1. The van der Waals surface area contributed by atoms with Gasteiger partial charge in [0, 0.05) is 35.3 Å². The van der Waals surface area contributed by atoms with Crippen molar-refractivity contribution >= 4 is 17.4 Å². The third-order valence-corrected chi connectivity index (χ3v) is 5.95. The van der Waals surface area contributed by atoms with Crippen molar-refractivity contribution in [3.8, 4) is 0 Å². The third kappa shape index (κ3) is 2.57. The number of hydrogen-bond donors (Lipinski definition) is 0. The third-order valence-electron chi connectivity index (χ3n) is 4.70. The van der Waals surface area contributed by atoms with Crippen molar-refractivity contribution in [3.63, 3.8) is 0 Å². The van der Waals surface area contributed by atoms with Crippen LogP contribution < -0.4 is 4.90 Å². The lowest BCUT2D eigenvalue weighted by Crippen LogP contribution is -2.29. The molecule has 108 valence electrons. The lowest BCUT2D eigenvalue weighted by atomic mass is 10.00. The molecule has 2 aliphatic rings. The fourth-order valence-corrected chi connectivity index (χ4v) is 4.85. The Bertz CT molecular complexity index is 637. The van der Waals surface area contributed by atoms with E-state index >= 15 is 0 Å². The van der Waals surface area contributed by atoms with Gasteiger partial charge in [0.1, 0.15) is 0 Å². The number of aryl methyl sites for hydroxylation is 1. The SMILES string of the molecule is c1ccc2c(c1)CCCCN2CC1CSc2ccccc21. The number of fused-ring (bicyclic) bond motifs is 2. The molecule has 2 aromatic rings. The lowest BCUT2D eigenvalue weighted by molar-refractivity contribution is 0.667. The maximum atomic E-state index is 2.63. The van der Waals surface area contributed by atoms with Crippen LogP contribution in [-0.4, -0.2) is 18.8 Å². The van der Waals surface area contributed by atoms with Gasteiger partial charge in [-0.2, -0.15) is 0 Å². The van der Waals surface area contributed by atoms with E-state index in [1.807, 2.05) is 11.8 Å². The summed E-state index contributed by atoms with van der Waals surface area (Å²) in [4.78, 5) is 4.13.